The minimum atomic E-state index is -0.429. The number of benzene rings is 2. The van der Waals surface area contributed by atoms with Crippen molar-refractivity contribution >= 4 is 16.9 Å². The Hall–Kier alpha value is -2.89. The maximum Gasteiger partial charge on any atom is 0.326 e. The molecule has 0 fully saturated rings. The average molecular weight is 327 g/mol. The van der Waals surface area contributed by atoms with Crippen LogP contribution >= 0.6 is 0 Å². The number of carbonyl (C=O) groups is 1. The van der Waals surface area contributed by atoms with Gasteiger partial charge in [-0.1, -0.05) is 30.3 Å². The van der Waals surface area contributed by atoms with Gasteiger partial charge in [0.2, 0.25) is 5.91 Å². The predicted octanol–water partition coefficient (Wildman–Crippen LogP) is 2.22. The average Bonchev–Trinajstić information content (AvgIpc) is 2.87. The van der Waals surface area contributed by atoms with Crippen LogP contribution in [0.5, 0.6) is 0 Å². The lowest BCUT2D eigenvalue weighted by molar-refractivity contribution is -0.121. The number of hydrogen-bond acceptors (Lipinski definition) is 2. The Morgan fingerprint density at radius 3 is 2.75 bits per heavy atom. The molecule has 0 saturated carbocycles. The summed E-state index contributed by atoms with van der Waals surface area (Å²) in [7, 11) is 0. The summed E-state index contributed by atoms with van der Waals surface area (Å²) in [6.07, 6.45) is 1.71. The summed E-state index contributed by atoms with van der Waals surface area (Å²) in [6.45, 7) is 0.454. The van der Waals surface area contributed by atoms with Crippen molar-refractivity contribution in [2.24, 2.45) is 0 Å². The second-order valence-electron chi connectivity index (χ2n) is 5.62. The van der Waals surface area contributed by atoms with Gasteiger partial charge in [0.15, 0.2) is 0 Å². The highest BCUT2D eigenvalue weighted by molar-refractivity contribution is 5.80. The molecule has 1 amide bonds. The van der Waals surface area contributed by atoms with E-state index < -0.39 is 11.5 Å². The van der Waals surface area contributed by atoms with Crippen LogP contribution in [0.1, 0.15) is 12.0 Å². The molecule has 24 heavy (non-hydrogen) atoms. The van der Waals surface area contributed by atoms with Gasteiger partial charge in [-0.05, 0) is 36.6 Å². The minimum Gasteiger partial charge on any atom is -0.355 e. The van der Waals surface area contributed by atoms with E-state index in [-0.39, 0.29) is 12.5 Å². The molecule has 0 aliphatic carbocycles. The van der Waals surface area contributed by atoms with Crippen LogP contribution in [0.3, 0.4) is 0 Å². The van der Waals surface area contributed by atoms with Crippen LogP contribution in [0.4, 0.5) is 4.39 Å². The third-order valence-corrected chi connectivity index (χ3v) is 3.85. The molecule has 0 saturated heterocycles. The van der Waals surface area contributed by atoms with Gasteiger partial charge >= 0.3 is 5.69 Å². The third kappa shape index (κ3) is 3.71. The van der Waals surface area contributed by atoms with Crippen molar-refractivity contribution in [3.8, 4) is 0 Å². The van der Waals surface area contributed by atoms with Crippen molar-refractivity contribution in [3.05, 3.63) is 70.4 Å². The second-order valence-corrected chi connectivity index (χ2v) is 5.62. The molecular formula is C18H18FN3O2. The van der Waals surface area contributed by atoms with E-state index in [2.05, 4.69) is 10.3 Å². The van der Waals surface area contributed by atoms with Crippen LogP contribution in [-0.4, -0.2) is 22.0 Å². The summed E-state index contributed by atoms with van der Waals surface area (Å²) < 4.78 is 14.5. The highest BCUT2D eigenvalue weighted by Gasteiger charge is 2.11. The summed E-state index contributed by atoms with van der Waals surface area (Å²) in [6, 6.07) is 14.0. The number of hydrogen-bond donors (Lipinski definition) is 2. The van der Waals surface area contributed by atoms with Crippen molar-refractivity contribution in [1.29, 1.82) is 0 Å². The van der Waals surface area contributed by atoms with E-state index >= 15 is 0 Å². The molecule has 0 spiro atoms. The second kappa shape index (κ2) is 7.12. The van der Waals surface area contributed by atoms with Gasteiger partial charge in [0, 0.05) is 6.54 Å². The van der Waals surface area contributed by atoms with Gasteiger partial charge in [-0.2, -0.15) is 0 Å². The minimum absolute atomic E-state index is 0.0875. The predicted molar refractivity (Wildman–Crippen MR) is 90.3 cm³/mol. The standard InChI is InChI=1S/C18H18FN3O2/c19-14-8-9-16-15(11-14)21-18(24)22(16)12-17(23)20-10-4-7-13-5-2-1-3-6-13/h1-3,5-6,8-9,11H,4,7,10,12H2,(H,20,23)(H,21,24). The molecule has 0 atom stereocenters. The number of rotatable bonds is 6. The van der Waals surface area contributed by atoms with Crippen molar-refractivity contribution in [2.45, 2.75) is 19.4 Å². The van der Waals surface area contributed by atoms with E-state index in [1.807, 2.05) is 30.3 Å². The van der Waals surface area contributed by atoms with Crippen LogP contribution in [0, 0.1) is 5.82 Å². The first-order chi connectivity index (χ1) is 11.6. The van der Waals surface area contributed by atoms with Crippen molar-refractivity contribution < 1.29 is 9.18 Å². The Kier molecular flexibility index (Phi) is 4.74. The molecule has 6 heteroatoms. The first kappa shape index (κ1) is 16.0. The number of nitrogens with one attached hydrogen (secondary N) is 2. The largest absolute Gasteiger partial charge is 0.355 e. The Bertz CT molecular complexity index is 900. The van der Waals surface area contributed by atoms with Gasteiger partial charge < -0.3 is 10.3 Å². The number of H-pyrrole nitrogens is 1. The van der Waals surface area contributed by atoms with E-state index in [0.717, 1.165) is 12.8 Å². The SMILES string of the molecule is O=C(Cn1c(=O)[nH]c2cc(F)ccc21)NCCCc1ccccc1. The molecule has 3 aromatic rings. The van der Waals surface area contributed by atoms with E-state index in [9.17, 15) is 14.0 Å². The number of halogens is 1. The zero-order chi connectivity index (χ0) is 16.9. The maximum atomic E-state index is 13.2. The molecule has 0 radical (unpaired) electrons. The molecule has 2 N–H and O–H groups in total. The van der Waals surface area contributed by atoms with Gasteiger partial charge in [-0.25, -0.2) is 9.18 Å². The zero-order valence-electron chi connectivity index (χ0n) is 13.1. The normalized spacial score (nSPS) is 10.9. The molecule has 0 unspecified atom stereocenters. The number of amides is 1. The summed E-state index contributed by atoms with van der Waals surface area (Å²) in [5, 5.41) is 2.81. The number of carbonyl (C=O) groups excluding carboxylic acids is 1. The van der Waals surface area contributed by atoms with E-state index in [0.29, 0.717) is 17.6 Å². The lowest BCUT2D eigenvalue weighted by Crippen LogP contribution is -2.32. The van der Waals surface area contributed by atoms with E-state index in [4.69, 9.17) is 0 Å². The fraction of sp³-hybridized carbons (Fsp3) is 0.222. The molecule has 1 heterocycles. The molecule has 3 rings (SSSR count). The molecule has 5 nitrogen and oxygen atoms in total. The zero-order valence-corrected chi connectivity index (χ0v) is 13.1. The molecule has 0 aliphatic heterocycles. The number of aromatic amines is 1. The topological polar surface area (TPSA) is 66.9 Å². The Morgan fingerprint density at radius 2 is 1.96 bits per heavy atom. The number of aromatic nitrogens is 2. The van der Waals surface area contributed by atoms with Gasteiger partial charge in [0.1, 0.15) is 12.4 Å². The van der Waals surface area contributed by atoms with Crippen LogP contribution in [0.15, 0.2) is 53.3 Å². The van der Waals surface area contributed by atoms with Crippen molar-refractivity contribution in [2.75, 3.05) is 6.54 Å². The van der Waals surface area contributed by atoms with Crippen LogP contribution in [0.25, 0.3) is 11.0 Å². The smallest absolute Gasteiger partial charge is 0.326 e. The van der Waals surface area contributed by atoms with Crippen molar-refractivity contribution in [1.82, 2.24) is 14.9 Å². The van der Waals surface area contributed by atoms with Gasteiger partial charge in [-0.3, -0.25) is 9.36 Å². The van der Waals surface area contributed by atoms with Crippen molar-refractivity contribution in [3.63, 3.8) is 0 Å². The maximum absolute atomic E-state index is 13.2. The highest BCUT2D eigenvalue weighted by Crippen LogP contribution is 2.11. The molecular weight excluding hydrogens is 309 g/mol. The molecule has 2 aromatic carbocycles. The quantitative estimate of drug-likeness (QED) is 0.682. The van der Waals surface area contributed by atoms with Crippen LogP contribution in [0.2, 0.25) is 0 Å². The monoisotopic (exact) mass is 327 g/mol. The fourth-order valence-electron chi connectivity index (χ4n) is 2.66. The molecule has 0 aliphatic rings. The number of imidazole rings is 1. The Morgan fingerprint density at radius 1 is 1.17 bits per heavy atom. The molecule has 124 valence electrons. The van der Waals surface area contributed by atoms with Crippen LogP contribution < -0.4 is 11.0 Å². The Balaban J connectivity index is 1.55. The number of fused-ring (bicyclic) bond motifs is 1. The summed E-state index contributed by atoms with van der Waals surface area (Å²) in [5.74, 6) is -0.670. The lowest BCUT2D eigenvalue weighted by Gasteiger charge is -2.06. The summed E-state index contributed by atoms with van der Waals surface area (Å²) in [5.41, 5.74) is 1.70. The number of aryl methyl sites for hydroxylation is 1. The first-order valence-electron chi connectivity index (χ1n) is 7.82. The van der Waals surface area contributed by atoms with E-state index in [1.54, 1.807) is 0 Å². The summed E-state index contributed by atoms with van der Waals surface area (Å²) in [4.78, 5) is 26.5. The van der Waals surface area contributed by atoms with Gasteiger partial charge in [-0.15, -0.1) is 0 Å². The fourth-order valence-corrected chi connectivity index (χ4v) is 2.66. The lowest BCUT2D eigenvalue weighted by atomic mass is 10.1. The highest BCUT2D eigenvalue weighted by atomic mass is 19.1. The third-order valence-electron chi connectivity index (χ3n) is 3.85. The first-order valence-corrected chi connectivity index (χ1v) is 7.82. The number of nitrogens with zero attached hydrogens (tertiary/aromatic N) is 1. The Labute approximate surface area is 138 Å². The van der Waals surface area contributed by atoms with E-state index in [1.165, 1.54) is 28.3 Å². The molecule has 1 aromatic heterocycles. The van der Waals surface area contributed by atoms with Gasteiger partial charge in [0.05, 0.1) is 11.0 Å². The van der Waals surface area contributed by atoms with Crippen LogP contribution in [-0.2, 0) is 17.8 Å². The van der Waals surface area contributed by atoms with Gasteiger partial charge in [0.25, 0.3) is 0 Å². The summed E-state index contributed by atoms with van der Waals surface area (Å²) >= 11 is 0. The molecule has 0 bridgehead atoms.